The molecule has 1 aliphatic heterocycles. The summed E-state index contributed by atoms with van der Waals surface area (Å²) in [6.07, 6.45) is -2.45. The third-order valence-corrected chi connectivity index (χ3v) is 2.07. The first kappa shape index (κ1) is 9.88. The van der Waals surface area contributed by atoms with Gasteiger partial charge in [0.1, 0.15) is 18.4 Å². The molecule has 12 heavy (non-hydrogen) atoms. The average Bonchev–Trinajstić information content (AvgIpc) is 2.09. The molecule has 0 spiro atoms. The van der Waals surface area contributed by atoms with E-state index in [0.29, 0.717) is 6.42 Å². The summed E-state index contributed by atoms with van der Waals surface area (Å²) in [6, 6.07) is 0. The Morgan fingerprint density at radius 3 is 2.67 bits per heavy atom. The molecule has 5 heteroatoms. The molecule has 72 valence electrons. The Balaban J connectivity index is 2.52. The van der Waals surface area contributed by atoms with Gasteiger partial charge in [-0.2, -0.15) is 0 Å². The van der Waals surface area contributed by atoms with Crippen LogP contribution in [0.1, 0.15) is 6.42 Å². The molecule has 0 aliphatic carbocycles. The summed E-state index contributed by atoms with van der Waals surface area (Å²) in [4.78, 5) is 0. The lowest BCUT2D eigenvalue weighted by atomic mass is 10.0. The molecule has 0 saturated carbocycles. The highest BCUT2D eigenvalue weighted by molar-refractivity contribution is 4.83. The number of ether oxygens (including phenoxy) is 1. The Kier molecular flexibility index (Phi) is 3.42. The maximum atomic E-state index is 9.30. The van der Waals surface area contributed by atoms with Crippen molar-refractivity contribution in [1.29, 1.82) is 0 Å². The van der Waals surface area contributed by atoms with Crippen LogP contribution in [-0.4, -0.2) is 53.5 Å². The summed E-state index contributed by atoms with van der Waals surface area (Å²) in [5.74, 6) is 0. The van der Waals surface area contributed by atoms with E-state index in [4.69, 9.17) is 9.84 Å². The zero-order valence-electron chi connectivity index (χ0n) is 6.97. The molecule has 4 N–H and O–H groups in total. The minimum absolute atomic E-state index is 0.281. The van der Waals surface area contributed by atoms with Gasteiger partial charge in [0.05, 0.1) is 12.7 Å². The molecule has 2 unspecified atom stereocenters. The highest BCUT2D eigenvalue weighted by Gasteiger charge is 2.35. The molecule has 1 saturated heterocycles. The van der Waals surface area contributed by atoms with Gasteiger partial charge in [-0.15, -0.1) is 0 Å². The summed E-state index contributed by atoms with van der Waals surface area (Å²) in [5, 5.41) is 30.2. The fourth-order valence-corrected chi connectivity index (χ4v) is 1.29. The zero-order valence-corrected chi connectivity index (χ0v) is 6.97. The predicted octanol–water partition coefficient (Wildman–Crippen LogP) is -1.97. The van der Waals surface area contributed by atoms with Gasteiger partial charge in [-0.1, -0.05) is 0 Å². The molecule has 5 nitrogen and oxygen atoms in total. The molecule has 1 heterocycles. The Morgan fingerprint density at radius 1 is 1.50 bits per heavy atom. The van der Waals surface area contributed by atoms with Gasteiger partial charge in [0.2, 0.25) is 0 Å². The monoisotopic (exact) mass is 177 g/mol. The first-order valence-corrected chi connectivity index (χ1v) is 3.98. The first-order valence-electron chi connectivity index (χ1n) is 3.98. The van der Waals surface area contributed by atoms with E-state index in [1.807, 2.05) is 0 Å². The lowest BCUT2D eigenvalue weighted by Gasteiger charge is -2.36. The minimum atomic E-state index is -0.986. The van der Waals surface area contributed by atoms with E-state index in [1.54, 1.807) is 7.05 Å². The second-order valence-corrected chi connectivity index (χ2v) is 2.93. The van der Waals surface area contributed by atoms with Crippen LogP contribution in [0.4, 0.5) is 0 Å². The van der Waals surface area contributed by atoms with Crippen molar-refractivity contribution in [2.75, 3.05) is 13.7 Å². The fraction of sp³-hybridized carbons (Fsp3) is 1.00. The predicted molar refractivity (Wildman–Crippen MR) is 41.4 cm³/mol. The SMILES string of the molecule is CN[C@@H]1CC(O)[C@H](O)C(CO)O1. The van der Waals surface area contributed by atoms with E-state index < -0.39 is 18.3 Å². The van der Waals surface area contributed by atoms with E-state index in [9.17, 15) is 10.2 Å². The molecule has 1 fully saturated rings. The van der Waals surface area contributed by atoms with Gasteiger partial charge in [-0.25, -0.2) is 0 Å². The number of nitrogens with one attached hydrogen (secondary N) is 1. The molecule has 1 aliphatic rings. The van der Waals surface area contributed by atoms with Crippen LogP contribution in [0.2, 0.25) is 0 Å². The Labute approximate surface area is 71.0 Å². The van der Waals surface area contributed by atoms with Crippen molar-refractivity contribution in [3.8, 4) is 0 Å². The number of rotatable bonds is 2. The molecule has 1 rings (SSSR count). The number of aliphatic hydroxyl groups is 3. The molecule has 0 bridgehead atoms. The van der Waals surface area contributed by atoms with Gasteiger partial charge < -0.3 is 20.1 Å². The lowest BCUT2D eigenvalue weighted by Crippen LogP contribution is -2.53. The standard InChI is InChI=1S/C7H15NO4/c1-8-6-2-4(10)7(11)5(3-9)12-6/h4-11H,2-3H2,1H3/t4?,5?,6-,7-/m0/s1. The Bertz CT molecular complexity index is 143. The average molecular weight is 177 g/mol. The van der Waals surface area contributed by atoms with E-state index in [1.165, 1.54) is 0 Å². The van der Waals surface area contributed by atoms with Crippen LogP contribution < -0.4 is 5.32 Å². The van der Waals surface area contributed by atoms with Gasteiger partial charge in [-0.05, 0) is 7.05 Å². The maximum Gasteiger partial charge on any atom is 0.111 e. The van der Waals surface area contributed by atoms with E-state index >= 15 is 0 Å². The smallest absolute Gasteiger partial charge is 0.111 e. The Hall–Kier alpha value is -0.200. The van der Waals surface area contributed by atoms with Crippen molar-refractivity contribution in [1.82, 2.24) is 5.32 Å². The first-order chi connectivity index (χ1) is 5.69. The van der Waals surface area contributed by atoms with E-state index in [0.717, 1.165) is 0 Å². The van der Waals surface area contributed by atoms with Gasteiger partial charge in [-0.3, -0.25) is 5.32 Å². The Morgan fingerprint density at radius 2 is 2.17 bits per heavy atom. The van der Waals surface area contributed by atoms with Crippen LogP contribution >= 0.6 is 0 Å². The largest absolute Gasteiger partial charge is 0.394 e. The number of hydrogen-bond donors (Lipinski definition) is 4. The van der Waals surface area contributed by atoms with Gasteiger partial charge in [0, 0.05) is 6.42 Å². The van der Waals surface area contributed by atoms with Crippen LogP contribution in [-0.2, 0) is 4.74 Å². The second-order valence-electron chi connectivity index (χ2n) is 2.93. The van der Waals surface area contributed by atoms with Crippen molar-refractivity contribution in [3.05, 3.63) is 0 Å². The van der Waals surface area contributed by atoms with Crippen LogP contribution in [0.25, 0.3) is 0 Å². The summed E-state index contributed by atoms with van der Waals surface area (Å²) in [6.45, 7) is -0.281. The summed E-state index contributed by atoms with van der Waals surface area (Å²) in [5.41, 5.74) is 0. The number of aliphatic hydroxyl groups excluding tert-OH is 3. The van der Waals surface area contributed by atoms with Crippen molar-refractivity contribution < 1.29 is 20.1 Å². The summed E-state index contributed by atoms with van der Waals surface area (Å²) >= 11 is 0. The maximum absolute atomic E-state index is 9.30. The third-order valence-electron chi connectivity index (χ3n) is 2.07. The molecular weight excluding hydrogens is 162 g/mol. The lowest BCUT2D eigenvalue weighted by molar-refractivity contribution is -0.185. The van der Waals surface area contributed by atoms with Crippen molar-refractivity contribution >= 4 is 0 Å². The van der Waals surface area contributed by atoms with Gasteiger partial charge in [0.25, 0.3) is 0 Å². The fourth-order valence-electron chi connectivity index (χ4n) is 1.29. The highest BCUT2D eigenvalue weighted by Crippen LogP contribution is 2.18. The quantitative estimate of drug-likeness (QED) is 0.393. The minimum Gasteiger partial charge on any atom is -0.394 e. The van der Waals surface area contributed by atoms with E-state index in [2.05, 4.69) is 5.32 Å². The molecular formula is C7H15NO4. The summed E-state index contributed by atoms with van der Waals surface area (Å²) in [7, 11) is 1.70. The topological polar surface area (TPSA) is 82.0 Å². The van der Waals surface area contributed by atoms with Crippen LogP contribution in [0, 0.1) is 0 Å². The van der Waals surface area contributed by atoms with Crippen LogP contribution in [0.3, 0.4) is 0 Å². The van der Waals surface area contributed by atoms with Crippen molar-refractivity contribution in [3.63, 3.8) is 0 Å². The zero-order chi connectivity index (χ0) is 9.14. The number of hydrogen-bond acceptors (Lipinski definition) is 5. The molecule has 0 radical (unpaired) electrons. The van der Waals surface area contributed by atoms with E-state index in [-0.39, 0.29) is 12.8 Å². The highest BCUT2D eigenvalue weighted by atomic mass is 16.5. The molecule has 0 aromatic carbocycles. The molecule has 0 aromatic heterocycles. The van der Waals surface area contributed by atoms with Crippen molar-refractivity contribution in [2.45, 2.75) is 31.0 Å². The van der Waals surface area contributed by atoms with Gasteiger partial charge in [0.15, 0.2) is 0 Å². The summed E-state index contributed by atoms with van der Waals surface area (Å²) < 4.78 is 5.20. The molecule has 0 aromatic rings. The van der Waals surface area contributed by atoms with Crippen molar-refractivity contribution in [2.24, 2.45) is 0 Å². The van der Waals surface area contributed by atoms with Crippen LogP contribution in [0.5, 0.6) is 0 Å². The van der Waals surface area contributed by atoms with Gasteiger partial charge >= 0.3 is 0 Å². The second kappa shape index (κ2) is 4.15. The molecule has 4 atom stereocenters. The van der Waals surface area contributed by atoms with Crippen LogP contribution in [0.15, 0.2) is 0 Å². The molecule has 0 amide bonds. The normalized spacial score (nSPS) is 43.0. The third kappa shape index (κ3) is 1.94.